The molecule has 0 aliphatic carbocycles. The molecule has 0 bridgehead atoms. The molecule has 2 aliphatic rings. The number of unbranched alkanes of at least 4 members (excludes halogenated alkanes) is 8. The molecule has 71 heavy (non-hydrogen) atoms. The number of nitrogens with zero attached hydrogens (tertiary/aromatic N) is 4. The highest BCUT2D eigenvalue weighted by molar-refractivity contribution is 7.13. The van der Waals surface area contributed by atoms with Gasteiger partial charge in [-0.3, -0.25) is 28.9 Å². The molecule has 6 N–H and O–H groups in total. The van der Waals surface area contributed by atoms with Gasteiger partial charge in [-0.1, -0.05) is 90.0 Å². The summed E-state index contributed by atoms with van der Waals surface area (Å²) in [6.07, 6.45) is 10.9. The first kappa shape index (κ1) is 52.8. The number of carbonyl (C=O) groups excluding carboxylic acids is 5. The number of aromatic nitrogens is 3. The summed E-state index contributed by atoms with van der Waals surface area (Å²) in [6.45, 7) is 12.7. The number of hydrogen-bond acceptors (Lipinski definition) is 10. The molecule has 2 aliphatic heterocycles. The molecule has 2 fully saturated rings. The summed E-state index contributed by atoms with van der Waals surface area (Å²) in [4.78, 5) is 83.9. The maximum Gasteiger partial charge on any atom is 0.255 e. The third-order valence-electron chi connectivity index (χ3n) is 13.8. The largest absolute Gasteiger partial charge is 0.391 e. The molecule has 380 valence electrons. The van der Waals surface area contributed by atoms with Crippen LogP contribution in [0.5, 0.6) is 0 Å². The number of amides is 5. The highest BCUT2D eigenvalue weighted by Crippen LogP contribution is 2.29. The number of carbonyl (C=O) groups is 5. The van der Waals surface area contributed by atoms with E-state index in [1.54, 1.807) is 35.6 Å². The normalized spacial score (nSPS) is 17.6. The Morgan fingerprint density at radius 1 is 0.859 bits per heavy atom. The zero-order valence-electron chi connectivity index (χ0n) is 42.2. The van der Waals surface area contributed by atoms with Crippen LogP contribution in [-0.4, -0.2) is 103 Å². The Morgan fingerprint density at radius 2 is 1.54 bits per heavy atom. The zero-order valence-corrected chi connectivity index (χ0v) is 43.0. The van der Waals surface area contributed by atoms with Crippen LogP contribution in [0.25, 0.3) is 21.5 Å². The van der Waals surface area contributed by atoms with Crippen molar-refractivity contribution >= 4 is 57.6 Å². The number of aromatic amines is 1. The average Bonchev–Trinajstić information content (AvgIpc) is 4.17. The fourth-order valence-corrected chi connectivity index (χ4v) is 10.4. The van der Waals surface area contributed by atoms with E-state index >= 15 is 0 Å². The molecule has 16 heteroatoms. The molecule has 5 amide bonds. The van der Waals surface area contributed by atoms with Gasteiger partial charge in [-0.25, -0.2) is 9.97 Å². The highest BCUT2D eigenvalue weighted by Gasteiger charge is 2.44. The summed E-state index contributed by atoms with van der Waals surface area (Å²) in [5.74, 6) is -0.372. The van der Waals surface area contributed by atoms with Crippen LogP contribution in [-0.2, 0) is 27.5 Å². The van der Waals surface area contributed by atoms with Gasteiger partial charge in [0.25, 0.3) is 11.8 Å². The van der Waals surface area contributed by atoms with E-state index in [4.69, 9.17) is 4.98 Å². The predicted octanol–water partition coefficient (Wildman–Crippen LogP) is 8.67. The molecule has 0 unspecified atom stereocenters. The molecule has 7 rings (SSSR count). The van der Waals surface area contributed by atoms with Crippen molar-refractivity contribution in [2.24, 2.45) is 5.41 Å². The number of aryl methyl sites for hydroxylation is 1. The fraction of sp³-hybridized carbons (Fsp3) is 0.509. The molecular weight excluding hydrogens is 915 g/mol. The molecule has 15 nitrogen and oxygen atoms in total. The van der Waals surface area contributed by atoms with Crippen LogP contribution < -0.4 is 21.3 Å². The maximum atomic E-state index is 14.0. The van der Waals surface area contributed by atoms with Crippen LogP contribution in [0, 0.1) is 12.3 Å². The van der Waals surface area contributed by atoms with Crippen molar-refractivity contribution in [2.45, 2.75) is 155 Å². The van der Waals surface area contributed by atoms with Gasteiger partial charge in [-0.05, 0) is 105 Å². The number of benzene rings is 3. The summed E-state index contributed by atoms with van der Waals surface area (Å²) in [7, 11) is 0. The van der Waals surface area contributed by atoms with E-state index in [0.717, 1.165) is 103 Å². The molecule has 3 aromatic carbocycles. The van der Waals surface area contributed by atoms with Crippen molar-refractivity contribution in [1.29, 1.82) is 0 Å². The molecular formula is C55H73N9O6S. The minimum atomic E-state index is -0.850. The van der Waals surface area contributed by atoms with Crippen LogP contribution >= 0.6 is 11.3 Å². The number of rotatable bonds is 23. The number of aliphatic hydroxyl groups is 1. The number of fused-ring (bicyclic) bond motifs is 1. The second-order valence-corrected chi connectivity index (χ2v) is 21.4. The van der Waals surface area contributed by atoms with E-state index in [1.807, 2.05) is 75.7 Å². The van der Waals surface area contributed by atoms with Crippen LogP contribution in [0.2, 0.25) is 0 Å². The van der Waals surface area contributed by atoms with Gasteiger partial charge < -0.3 is 36.3 Å². The Kier molecular flexibility index (Phi) is 18.5. The lowest BCUT2D eigenvalue weighted by Gasteiger charge is -2.35. The van der Waals surface area contributed by atoms with Crippen molar-refractivity contribution in [3.63, 3.8) is 0 Å². The van der Waals surface area contributed by atoms with E-state index in [1.165, 1.54) is 17.7 Å². The van der Waals surface area contributed by atoms with Crippen LogP contribution in [0.15, 0.2) is 72.2 Å². The number of likely N-dealkylation sites (tertiary alicyclic amines) is 2. The van der Waals surface area contributed by atoms with Crippen molar-refractivity contribution in [1.82, 2.24) is 40.7 Å². The van der Waals surface area contributed by atoms with Gasteiger partial charge in [0.15, 0.2) is 0 Å². The molecule has 4 heterocycles. The van der Waals surface area contributed by atoms with Gasteiger partial charge in [0.05, 0.1) is 39.8 Å². The minimum absolute atomic E-state index is 0.0322. The topological polar surface area (TPSA) is 202 Å². The molecule has 2 saturated heterocycles. The first-order valence-corrected chi connectivity index (χ1v) is 26.5. The number of anilines is 1. The number of nitrogens with one attached hydrogen (secondary N) is 5. The van der Waals surface area contributed by atoms with E-state index in [-0.39, 0.29) is 49.0 Å². The first-order chi connectivity index (χ1) is 34.1. The zero-order chi connectivity index (χ0) is 50.5. The molecule has 4 atom stereocenters. The molecule has 0 spiro atoms. The van der Waals surface area contributed by atoms with Crippen molar-refractivity contribution < 1.29 is 29.1 Å². The Bertz CT molecular complexity index is 2590. The second-order valence-electron chi connectivity index (χ2n) is 20.5. The van der Waals surface area contributed by atoms with Gasteiger partial charge in [0.1, 0.15) is 17.9 Å². The molecule has 0 saturated carbocycles. The quantitative estimate of drug-likeness (QED) is 0.0347. The fourth-order valence-electron chi connectivity index (χ4n) is 9.58. The predicted molar refractivity (Wildman–Crippen MR) is 280 cm³/mol. The lowest BCUT2D eigenvalue weighted by atomic mass is 9.85. The number of H-pyrrole nitrogens is 1. The molecule has 0 radical (unpaired) electrons. The minimum Gasteiger partial charge on any atom is -0.391 e. The van der Waals surface area contributed by atoms with Gasteiger partial charge in [-0.15, -0.1) is 11.3 Å². The van der Waals surface area contributed by atoms with Crippen LogP contribution in [0.3, 0.4) is 0 Å². The summed E-state index contributed by atoms with van der Waals surface area (Å²) in [5, 5.41) is 22.5. The monoisotopic (exact) mass is 988 g/mol. The Morgan fingerprint density at radius 3 is 2.18 bits per heavy atom. The number of β-amino-alcohol motifs (C(OH)–C–C–N with tert-alkyl or cyclic N) is 1. The number of hydrogen-bond donors (Lipinski definition) is 6. The van der Waals surface area contributed by atoms with E-state index in [0.29, 0.717) is 42.2 Å². The lowest BCUT2D eigenvalue weighted by Crippen LogP contribution is -2.57. The highest BCUT2D eigenvalue weighted by atomic mass is 32.1. The number of thiazole rings is 1. The Hall–Kier alpha value is -5.97. The number of imidazole rings is 1. The van der Waals surface area contributed by atoms with Crippen LogP contribution in [0.1, 0.15) is 149 Å². The SMILES string of the molecule is Cc1ncsc1-c1ccc(CNC(=O)[C@@H]2C[C@@H](O)CN2C(=O)[C@@H](NC(=O)CCCCCCCCCCCNC(=O)c2ccc(C(=O)Nc3ccc4nc(CN5CCC[C@@H]5C)[nH]c4c3)cc2)C(C)(C)C)cc1. The van der Waals surface area contributed by atoms with Gasteiger partial charge in [-0.2, -0.15) is 0 Å². The van der Waals surface area contributed by atoms with Gasteiger partial charge in [0.2, 0.25) is 17.7 Å². The van der Waals surface area contributed by atoms with Crippen molar-refractivity contribution in [3.05, 3.63) is 100 Å². The van der Waals surface area contributed by atoms with Gasteiger partial charge in [0, 0.05) is 55.3 Å². The summed E-state index contributed by atoms with van der Waals surface area (Å²) >= 11 is 1.58. The maximum absolute atomic E-state index is 14.0. The van der Waals surface area contributed by atoms with E-state index in [9.17, 15) is 29.1 Å². The summed E-state index contributed by atoms with van der Waals surface area (Å²) < 4.78 is 0. The summed E-state index contributed by atoms with van der Waals surface area (Å²) in [6, 6.07) is 19.2. The van der Waals surface area contributed by atoms with Crippen molar-refractivity contribution in [2.75, 3.05) is 25.0 Å². The lowest BCUT2D eigenvalue weighted by molar-refractivity contribution is -0.144. The second kappa shape index (κ2) is 24.9. The Balaban J connectivity index is 0.728. The van der Waals surface area contributed by atoms with Crippen LogP contribution in [0.4, 0.5) is 5.69 Å². The van der Waals surface area contributed by atoms with Crippen molar-refractivity contribution in [3.8, 4) is 10.4 Å². The molecule has 2 aromatic heterocycles. The van der Waals surface area contributed by atoms with E-state index in [2.05, 4.69) is 43.1 Å². The third kappa shape index (κ3) is 14.8. The average molecular weight is 988 g/mol. The Labute approximate surface area is 422 Å². The molecule has 5 aromatic rings. The third-order valence-corrected chi connectivity index (χ3v) is 14.8. The first-order valence-electron chi connectivity index (χ1n) is 25.6. The summed E-state index contributed by atoms with van der Waals surface area (Å²) in [5.41, 5.74) is 7.56. The van der Waals surface area contributed by atoms with E-state index < -0.39 is 23.6 Å². The standard InChI is InChI=1S/C55H73N9O6S/c1-36-16-15-29-63(36)34-47-60-44-27-26-42(30-45(44)61-47)59-52(68)41-24-22-40(23-25-41)51(67)56-28-14-12-10-8-6-7-9-11-13-17-48(66)62-50(55(3,4)5)54(70)64-33-43(65)31-46(64)53(69)57-32-38-18-20-39(21-19-38)49-37(2)58-35-71-49/h18-27,30,35-36,43,46,50,65H,6-17,28-29,31-34H2,1-5H3,(H,56,67)(H,57,69)(H,59,68)(H,60,61)(H,62,66)/t36-,43+,46-,50+/m0/s1. The smallest absolute Gasteiger partial charge is 0.255 e. The number of aliphatic hydroxyl groups excluding tert-OH is 1. The van der Waals surface area contributed by atoms with Gasteiger partial charge >= 0.3 is 0 Å².